The van der Waals surface area contributed by atoms with Gasteiger partial charge in [0.25, 0.3) is 0 Å². The summed E-state index contributed by atoms with van der Waals surface area (Å²) in [7, 11) is 0. The molecule has 4 nitrogen and oxygen atoms in total. The standard InChI is InChI=1S/C14H30N4S/c1-2-3-4-5-6-7-8-9-10-11-12-19-14(17)18-13(15)16/h2-12H2,1H3,(H5,15,16,17,18)/p+1. The molecular weight excluding hydrogens is 256 g/mol. The molecule has 0 aromatic carbocycles. The first-order chi connectivity index (χ1) is 9.16. The molecule has 6 N–H and O–H groups in total. The van der Waals surface area contributed by atoms with E-state index in [9.17, 15) is 0 Å². The third kappa shape index (κ3) is 15.2. The van der Waals surface area contributed by atoms with E-state index in [1.165, 1.54) is 76.0 Å². The summed E-state index contributed by atoms with van der Waals surface area (Å²) in [5.74, 6) is 1.03. The molecule has 0 saturated carbocycles. The number of hydrogen-bond donors (Lipinski definition) is 3. The van der Waals surface area contributed by atoms with Gasteiger partial charge in [-0.1, -0.05) is 64.7 Å². The van der Waals surface area contributed by atoms with Gasteiger partial charge in [0.05, 0.1) is 0 Å². The highest BCUT2D eigenvalue weighted by molar-refractivity contribution is 8.13. The Kier molecular flexibility index (Phi) is 13.2. The van der Waals surface area contributed by atoms with Crippen LogP contribution in [-0.4, -0.2) is 16.9 Å². The lowest BCUT2D eigenvalue weighted by atomic mass is 10.1. The summed E-state index contributed by atoms with van der Waals surface area (Å²) in [5, 5.41) is 6.10. The van der Waals surface area contributed by atoms with E-state index in [0.717, 1.165) is 5.75 Å². The van der Waals surface area contributed by atoms with Crippen LogP contribution in [0, 0.1) is 0 Å². The van der Waals surface area contributed by atoms with Crippen molar-refractivity contribution in [3.8, 4) is 0 Å². The molecule has 0 aromatic rings. The van der Waals surface area contributed by atoms with Crippen LogP contribution in [0.15, 0.2) is 4.99 Å². The van der Waals surface area contributed by atoms with Gasteiger partial charge in [-0.25, -0.2) is 0 Å². The fourth-order valence-electron chi connectivity index (χ4n) is 1.93. The summed E-state index contributed by atoms with van der Waals surface area (Å²) >= 11 is 1.53. The molecule has 0 aliphatic rings. The van der Waals surface area contributed by atoms with Crippen LogP contribution in [0.4, 0.5) is 0 Å². The zero-order valence-electron chi connectivity index (χ0n) is 12.4. The van der Waals surface area contributed by atoms with Gasteiger partial charge in [-0.3, -0.25) is 5.41 Å². The lowest BCUT2D eigenvalue weighted by Crippen LogP contribution is -2.39. The predicted molar refractivity (Wildman–Crippen MR) is 87.0 cm³/mol. The van der Waals surface area contributed by atoms with E-state index in [1.54, 1.807) is 0 Å². The summed E-state index contributed by atoms with van der Waals surface area (Å²) in [5.41, 5.74) is 10.5. The van der Waals surface area contributed by atoms with Crippen molar-refractivity contribution in [2.45, 2.75) is 71.1 Å². The molecule has 0 heterocycles. The number of hydrogen-bond acceptors (Lipinski definition) is 1. The fraction of sp³-hybridized carbons (Fsp3) is 0.857. The number of aliphatic imine (C=N–C) groups is 1. The summed E-state index contributed by atoms with van der Waals surface area (Å²) in [6, 6.07) is 0. The number of amidine groups is 1. The van der Waals surface area contributed by atoms with Crippen LogP contribution in [-0.2, 0) is 0 Å². The van der Waals surface area contributed by atoms with Gasteiger partial charge in [-0.2, -0.15) is 0 Å². The SMILES string of the molecule is CCCCCCCCCCCCSC(=[NH2+])N=C(N)N. The van der Waals surface area contributed by atoms with E-state index in [1.807, 2.05) is 0 Å². The van der Waals surface area contributed by atoms with Gasteiger partial charge in [0.2, 0.25) is 0 Å². The highest BCUT2D eigenvalue weighted by Gasteiger charge is 2.04. The summed E-state index contributed by atoms with van der Waals surface area (Å²) in [4.78, 5) is 3.79. The number of nitrogens with zero attached hydrogens (tertiary/aromatic N) is 1. The van der Waals surface area contributed by atoms with Crippen LogP contribution in [0.2, 0.25) is 0 Å². The minimum absolute atomic E-state index is 0.0353. The number of unbranched alkanes of at least 4 members (excludes halogenated alkanes) is 9. The first kappa shape index (κ1) is 18.3. The minimum atomic E-state index is 0.0353. The molecule has 0 rings (SSSR count). The highest BCUT2D eigenvalue weighted by atomic mass is 32.2. The van der Waals surface area contributed by atoms with Gasteiger partial charge in [-0.15, -0.1) is 0 Å². The quantitative estimate of drug-likeness (QED) is 0.308. The lowest BCUT2D eigenvalue weighted by molar-refractivity contribution is -0.109. The van der Waals surface area contributed by atoms with Crippen LogP contribution in [0.5, 0.6) is 0 Å². The Morgan fingerprint density at radius 2 is 1.37 bits per heavy atom. The normalized spacial score (nSPS) is 10.4. The first-order valence-corrected chi connectivity index (χ1v) is 8.50. The van der Waals surface area contributed by atoms with Crippen LogP contribution in [0.3, 0.4) is 0 Å². The molecule has 0 aromatic heterocycles. The molecular formula is C14H31N4S+. The van der Waals surface area contributed by atoms with Crippen molar-refractivity contribution in [1.82, 2.24) is 0 Å². The molecule has 19 heavy (non-hydrogen) atoms. The topological polar surface area (TPSA) is 90.0 Å². The molecule has 0 aliphatic heterocycles. The maximum Gasteiger partial charge on any atom is 0.354 e. The fourth-order valence-corrected chi connectivity index (χ4v) is 2.65. The Balaban J connectivity index is 3.15. The van der Waals surface area contributed by atoms with E-state index in [-0.39, 0.29) is 5.96 Å². The van der Waals surface area contributed by atoms with E-state index in [2.05, 4.69) is 11.9 Å². The van der Waals surface area contributed by atoms with Gasteiger partial charge >= 0.3 is 11.1 Å². The molecule has 0 saturated heterocycles. The first-order valence-electron chi connectivity index (χ1n) is 7.51. The number of rotatable bonds is 11. The van der Waals surface area contributed by atoms with Crippen LogP contribution < -0.4 is 16.9 Å². The number of thioether (sulfide) groups is 1. The molecule has 0 fully saturated rings. The largest absolute Gasteiger partial charge is 0.354 e. The van der Waals surface area contributed by atoms with Crippen molar-refractivity contribution in [2.24, 2.45) is 16.5 Å². The molecule has 0 unspecified atom stereocenters. The minimum Gasteiger partial charge on any atom is -0.348 e. The van der Waals surface area contributed by atoms with Gasteiger partial charge in [-0.05, 0) is 18.2 Å². The highest BCUT2D eigenvalue weighted by Crippen LogP contribution is 2.12. The smallest absolute Gasteiger partial charge is 0.348 e. The second-order valence-corrected chi connectivity index (χ2v) is 6.02. The van der Waals surface area contributed by atoms with Crippen molar-refractivity contribution < 1.29 is 5.41 Å². The van der Waals surface area contributed by atoms with Crippen molar-refractivity contribution in [2.75, 3.05) is 5.75 Å². The molecule has 0 spiro atoms. The molecule has 0 bridgehead atoms. The zero-order chi connectivity index (χ0) is 14.3. The predicted octanol–water partition coefficient (Wildman–Crippen LogP) is 2.03. The van der Waals surface area contributed by atoms with Crippen molar-refractivity contribution in [3.63, 3.8) is 0 Å². The molecule has 0 atom stereocenters. The summed E-state index contributed by atoms with van der Waals surface area (Å²) in [6.07, 6.45) is 13.5. The monoisotopic (exact) mass is 287 g/mol. The summed E-state index contributed by atoms with van der Waals surface area (Å²) < 4.78 is 0. The Morgan fingerprint density at radius 3 is 1.84 bits per heavy atom. The molecule has 0 amide bonds. The molecule has 5 heteroatoms. The van der Waals surface area contributed by atoms with Gasteiger partial charge in [0.1, 0.15) is 0 Å². The van der Waals surface area contributed by atoms with E-state index in [4.69, 9.17) is 16.9 Å². The Labute approximate surface area is 122 Å². The average Bonchev–Trinajstić information content (AvgIpc) is 2.35. The Morgan fingerprint density at radius 1 is 0.895 bits per heavy atom. The van der Waals surface area contributed by atoms with Gasteiger partial charge in [0.15, 0.2) is 0 Å². The third-order valence-corrected chi connectivity index (χ3v) is 3.87. The Hall–Kier alpha value is -0.710. The van der Waals surface area contributed by atoms with Crippen molar-refractivity contribution in [3.05, 3.63) is 0 Å². The molecule has 112 valence electrons. The van der Waals surface area contributed by atoms with E-state index < -0.39 is 0 Å². The molecule has 0 aliphatic carbocycles. The average molecular weight is 287 g/mol. The molecule has 0 radical (unpaired) electrons. The van der Waals surface area contributed by atoms with Crippen LogP contribution in [0.25, 0.3) is 0 Å². The number of guanidine groups is 1. The number of nitrogens with two attached hydrogens (primary N) is 3. The Bertz CT molecular complexity index is 250. The zero-order valence-corrected chi connectivity index (χ0v) is 13.2. The second kappa shape index (κ2) is 13.7. The van der Waals surface area contributed by atoms with Crippen molar-refractivity contribution in [1.29, 1.82) is 0 Å². The third-order valence-electron chi connectivity index (χ3n) is 2.99. The maximum atomic E-state index is 5.63. The van der Waals surface area contributed by atoms with Crippen molar-refractivity contribution >= 4 is 22.9 Å². The maximum absolute atomic E-state index is 5.63. The van der Waals surface area contributed by atoms with E-state index >= 15 is 0 Å². The van der Waals surface area contributed by atoms with E-state index in [0.29, 0.717) is 5.17 Å². The lowest BCUT2D eigenvalue weighted by Gasteiger charge is -2.01. The van der Waals surface area contributed by atoms with Gasteiger partial charge < -0.3 is 11.5 Å². The second-order valence-electron chi connectivity index (χ2n) is 4.91. The van der Waals surface area contributed by atoms with Crippen LogP contribution in [0.1, 0.15) is 71.1 Å². The summed E-state index contributed by atoms with van der Waals surface area (Å²) in [6.45, 7) is 2.26. The van der Waals surface area contributed by atoms with Gasteiger partial charge in [0, 0.05) is 10.7 Å². The van der Waals surface area contributed by atoms with Crippen LogP contribution >= 0.6 is 11.8 Å².